The van der Waals surface area contributed by atoms with E-state index >= 15 is 0 Å². The zero-order valence-corrected chi connectivity index (χ0v) is 18.4. The molecule has 0 nitrogen and oxygen atoms in total. The third-order valence-corrected chi connectivity index (χ3v) is 37.1. The fraction of sp³-hybridized carbons (Fsp3) is 0.0667. The molecule has 4 heteroatoms. The first-order valence-corrected chi connectivity index (χ1v) is 33.5. The van der Waals surface area contributed by atoms with Crippen LogP contribution in [0.5, 0.6) is 0 Å². The Hall–Kier alpha value is 0.490. The van der Waals surface area contributed by atoms with Crippen molar-refractivity contribution < 1.29 is 11.5 Å². The summed E-state index contributed by atoms with van der Waals surface area (Å²) in [6.45, 7) is 0. The zero-order chi connectivity index (χ0) is 13.5. The van der Waals surface area contributed by atoms with Gasteiger partial charge in [0, 0.05) is 0 Å². The van der Waals surface area contributed by atoms with Gasteiger partial charge in [-0.2, -0.15) is 0 Å². The van der Waals surface area contributed by atoms with E-state index in [0.29, 0.717) is 3.67 Å². The predicted octanol–water partition coefficient (Wildman–Crippen LogP) is 5.70. The van der Waals surface area contributed by atoms with Crippen molar-refractivity contribution >= 4 is 46.3 Å². The van der Waals surface area contributed by atoms with Crippen LogP contribution >= 0.6 is 36.9 Å². The van der Waals surface area contributed by atoms with Crippen LogP contribution in [0.3, 0.4) is 0 Å². The van der Waals surface area contributed by atoms with Crippen LogP contribution in [-0.2, 0) is 11.5 Å². The Bertz CT molecular complexity index is 641. The molecule has 97 valence electrons. The van der Waals surface area contributed by atoms with Crippen molar-refractivity contribution in [1.29, 1.82) is 0 Å². The molecule has 0 spiro atoms. The molecule has 0 N–H and O–H groups in total. The van der Waals surface area contributed by atoms with E-state index in [4.69, 9.17) is 0 Å². The van der Waals surface area contributed by atoms with Crippen molar-refractivity contribution in [2.45, 2.75) is 3.67 Å². The molecule has 0 saturated heterocycles. The van der Waals surface area contributed by atoms with E-state index in [1.54, 1.807) is 0 Å². The number of benzene rings is 2. The molecule has 0 radical (unpaired) electrons. The Labute approximate surface area is 131 Å². The summed E-state index contributed by atoms with van der Waals surface area (Å²) in [5, 5.41) is 0. The first-order valence-electron chi connectivity index (χ1n) is 6.09. The van der Waals surface area contributed by atoms with E-state index in [0.717, 1.165) is 0 Å². The van der Waals surface area contributed by atoms with Crippen LogP contribution < -0.4 is 3.32 Å². The SMILES string of the molecule is [Br][Hf]([Br])([Br])([c]1ccccc1)[CH]1C=Cc2ccccc21. The van der Waals surface area contributed by atoms with E-state index in [9.17, 15) is 0 Å². The quantitative estimate of drug-likeness (QED) is 0.383. The molecule has 2 aromatic rings. The van der Waals surface area contributed by atoms with Gasteiger partial charge in [-0.25, -0.2) is 0 Å². The second kappa shape index (κ2) is 5.04. The third-order valence-electron chi connectivity index (χ3n) is 3.58. The summed E-state index contributed by atoms with van der Waals surface area (Å²) < 4.78 is 1.74. The van der Waals surface area contributed by atoms with Crippen molar-refractivity contribution in [2.24, 2.45) is 0 Å². The predicted molar refractivity (Wildman–Crippen MR) is 91.1 cm³/mol. The van der Waals surface area contributed by atoms with Gasteiger partial charge in [-0.15, -0.1) is 0 Å². The van der Waals surface area contributed by atoms with Gasteiger partial charge in [-0.3, -0.25) is 0 Å². The normalized spacial score (nSPS) is 19.7. The van der Waals surface area contributed by atoms with Crippen LogP contribution in [0.1, 0.15) is 14.8 Å². The maximum atomic E-state index is 4.09. The van der Waals surface area contributed by atoms with E-state index in [-0.39, 0.29) is 0 Å². The molecule has 2 aromatic carbocycles. The second-order valence-electron chi connectivity index (χ2n) is 4.80. The average molecular weight is 610 g/mol. The Kier molecular flexibility index (Phi) is 3.83. The fourth-order valence-electron chi connectivity index (χ4n) is 2.56. The van der Waals surface area contributed by atoms with Crippen molar-refractivity contribution in [1.82, 2.24) is 0 Å². The molecule has 0 aliphatic heterocycles. The molecule has 1 atom stereocenters. The van der Waals surface area contributed by atoms with Gasteiger partial charge in [0.15, 0.2) is 0 Å². The van der Waals surface area contributed by atoms with Crippen LogP contribution in [0.25, 0.3) is 6.08 Å². The number of halogens is 3. The molecule has 1 aliphatic rings. The monoisotopic (exact) mass is 609 g/mol. The van der Waals surface area contributed by atoms with Crippen LogP contribution in [0, 0.1) is 0 Å². The summed E-state index contributed by atoms with van der Waals surface area (Å²) in [5.74, 6) is 0. The van der Waals surface area contributed by atoms with Gasteiger partial charge < -0.3 is 0 Å². The van der Waals surface area contributed by atoms with Crippen LogP contribution in [0.4, 0.5) is 0 Å². The van der Waals surface area contributed by atoms with Gasteiger partial charge in [0.1, 0.15) is 0 Å². The molecular formula is C15H12Br3Hf. The molecule has 0 fully saturated rings. The second-order valence-corrected chi connectivity index (χ2v) is 82.7. The van der Waals surface area contributed by atoms with Crippen LogP contribution in [-0.4, -0.2) is 0 Å². The van der Waals surface area contributed by atoms with Crippen LogP contribution in [0.15, 0.2) is 60.7 Å². The topological polar surface area (TPSA) is 0 Å². The molecular weight excluding hydrogens is 598 g/mol. The molecule has 3 rings (SSSR count). The Morgan fingerprint density at radius 2 is 1.42 bits per heavy atom. The molecule has 0 amide bonds. The maximum absolute atomic E-state index is 4.09. The summed E-state index contributed by atoms with van der Waals surface area (Å²) in [4.78, 5) is 0. The first-order chi connectivity index (χ1) is 8.97. The van der Waals surface area contributed by atoms with Gasteiger partial charge in [-0.05, 0) is 0 Å². The van der Waals surface area contributed by atoms with E-state index in [2.05, 4.69) is 104 Å². The van der Waals surface area contributed by atoms with Gasteiger partial charge in [0.25, 0.3) is 0 Å². The van der Waals surface area contributed by atoms with E-state index in [1.165, 1.54) is 14.4 Å². The molecule has 0 heterocycles. The number of rotatable bonds is 2. The fourth-order valence-corrected chi connectivity index (χ4v) is 27.1. The third kappa shape index (κ3) is 2.54. The van der Waals surface area contributed by atoms with E-state index < -0.39 is 11.5 Å². The Balaban J connectivity index is 2.15. The van der Waals surface area contributed by atoms with Gasteiger partial charge in [0.05, 0.1) is 0 Å². The minimum absolute atomic E-state index is 0.385. The van der Waals surface area contributed by atoms with E-state index in [1.807, 2.05) is 0 Å². The number of allylic oxidation sites excluding steroid dienone is 1. The first kappa shape index (κ1) is 14.4. The summed E-state index contributed by atoms with van der Waals surface area (Å²) in [6.07, 6.45) is 4.54. The minimum atomic E-state index is -3.65. The standard InChI is InChI=1S/C9H7.C6H5.3BrH.Hf/c1-2-5-9-7-3-6-8(9)4-1;1-2-4-6-5-3-1;;;;/h1-7H;1-5H;3*1H;/q;;;;;+3/p-3. The molecule has 19 heavy (non-hydrogen) atoms. The van der Waals surface area contributed by atoms with Crippen LogP contribution in [0.2, 0.25) is 0 Å². The van der Waals surface area contributed by atoms with Crippen molar-refractivity contribution in [2.75, 3.05) is 0 Å². The van der Waals surface area contributed by atoms with Gasteiger partial charge in [0.2, 0.25) is 0 Å². The van der Waals surface area contributed by atoms with Crippen molar-refractivity contribution in [3.63, 3.8) is 0 Å². The zero-order valence-electron chi connectivity index (χ0n) is 10.1. The molecule has 1 aliphatic carbocycles. The molecule has 1 unspecified atom stereocenters. The molecule has 0 aromatic heterocycles. The summed E-state index contributed by atoms with van der Waals surface area (Å²) in [5.41, 5.74) is 2.72. The summed E-state index contributed by atoms with van der Waals surface area (Å²) >= 11 is 8.62. The summed E-state index contributed by atoms with van der Waals surface area (Å²) in [6, 6.07) is 19.3. The van der Waals surface area contributed by atoms with Gasteiger partial charge >= 0.3 is 133 Å². The number of hydrogen-bond donors (Lipinski definition) is 0. The Morgan fingerprint density at radius 3 is 2.16 bits per heavy atom. The van der Waals surface area contributed by atoms with Crippen molar-refractivity contribution in [3.8, 4) is 0 Å². The average Bonchev–Trinajstić information content (AvgIpc) is 2.84. The van der Waals surface area contributed by atoms with Gasteiger partial charge in [-0.1, -0.05) is 0 Å². The molecule has 0 saturated carbocycles. The molecule has 0 bridgehead atoms. The van der Waals surface area contributed by atoms with Crippen molar-refractivity contribution in [3.05, 3.63) is 71.8 Å². The number of hydrogen-bond acceptors (Lipinski definition) is 0. The number of fused-ring (bicyclic) bond motifs is 1. The Morgan fingerprint density at radius 1 is 0.789 bits per heavy atom. The summed E-state index contributed by atoms with van der Waals surface area (Å²) in [7, 11) is 0.